The molecule has 0 aliphatic carbocycles. The van der Waals surface area contributed by atoms with Crippen LogP contribution in [0.1, 0.15) is 19.3 Å². The monoisotopic (exact) mass is 256 g/mol. The second kappa shape index (κ2) is 7.92. The number of piperidine rings is 1. The number of carbonyl (C=O) groups is 2. The van der Waals surface area contributed by atoms with Crippen LogP contribution in [-0.2, 0) is 4.79 Å². The molecule has 0 spiro atoms. The van der Waals surface area contributed by atoms with Crippen molar-refractivity contribution in [3.8, 4) is 0 Å². The second-order valence-corrected chi connectivity index (χ2v) is 4.74. The maximum absolute atomic E-state index is 11.8. The van der Waals surface area contributed by atoms with Crippen LogP contribution in [0, 0.1) is 0 Å². The van der Waals surface area contributed by atoms with Gasteiger partial charge in [0.05, 0.1) is 6.54 Å². The summed E-state index contributed by atoms with van der Waals surface area (Å²) in [5, 5.41) is 5.79. The van der Waals surface area contributed by atoms with E-state index in [0.29, 0.717) is 19.6 Å². The summed E-state index contributed by atoms with van der Waals surface area (Å²) in [6.45, 7) is 3.27. The average molecular weight is 256 g/mol. The number of likely N-dealkylation sites (tertiary alicyclic amines) is 1. The number of hydrogen-bond donors (Lipinski definition) is 2. The fourth-order valence-corrected chi connectivity index (χ4v) is 1.87. The highest BCUT2D eigenvalue weighted by Crippen LogP contribution is 2.07. The molecule has 0 unspecified atom stereocenters. The molecule has 0 radical (unpaired) electrons. The van der Waals surface area contributed by atoms with E-state index < -0.39 is 0 Å². The maximum Gasteiger partial charge on any atom is 0.316 e. The first-order chi connectivity index (χ1) is 8.61. The van der Waals surface area contributed by atoms with Gasteiger partial charge in [-0.15, -0.1) is 0 Å². The van der Waals surface area contributed by atoms with Gasteiger partial charge in [0.15, 0.2) is 0 Å². The summed E-state index contributed by atoms with van der Waals surface area (Å²) in [5.74, 6) is 0.161. The molecule has 0 bridgehead atoms. The zero-order valence-corrected chi connectivity index (χ0v) is 11.4. The number of carbonyl (C=O) groups excluding carboxylic acids is 2. The van der Waals surface area contributed by atoms with Crippen molar-refractivity contribution in [3.63, 3.8) is 0 Å². The highest BCUT2D eigenvalue weighted by Gasteiger charge is 2.15. The SMILES string of the molecule is CN(C)C(=O)NCCNCC(=O)N1CCCCC1. The minimum absolute atomic E-state index is 0.112. The van der Waals surface area contributed by atoms with Gasteiger partial charge in [0.25, 0.3) is 0 Å². The Hall–Kier alpha value is -1.30. The summed E-state index contributed by atoms with van der Waals surface area (Å²) in [6.07, 6.45) is 3.46. The molecule has 2 N–H and O–H groups in total. The van der Waals surface area contributed by atoms with Crippen LogP contribution in [0.5, 0.6) is 0 Å². The van der Waals surface area contributed by atoms with Crippen molar-refractivity contribution in [2.24, 2.45) is 0 Å². The minimum Gasteiger partial charge on any atom is -0.342 e. The molecule has 1 aliphatic rings. The molecule has 6 nitrogen and oxygen atoms in total. The van der Waals surface area contributed by atoms with Crippen molar-refractivity contribution >= 4 is 11.9 Å². The van der Waals surface area contributed by atoms with Crippen molar-refractivity contribution in [3.05, 3.63) is 0 Å². The van der Waals surface area contributed by atoms with E-state index in [1.54, 1.807) is 14.1 Å². The quantitative estimate of drug-likeness (QED) is 0.673. The maximum atomic E-state index is 11.8. The molecule has 1 aliphatic heterocycles. The van der Waals surface area contributed by atoms with Crippen LogP contribution in [0.25, 0.3) is 0 Å². The molecular weight excluding hydrogens is 232 g/mol. The van der Waals surface area contributed by atoms with E-state index >= 15 is 0 Å². The Morgan fingerprint density at radius 3 is 2.39 bits per heavy atom. The molecule has 0 aromatic heterocycles. The minimum atomic E-state index is -0.112. The standard InChI is InChI=1S/C12H24N4O2/c1-15(2)12(18)14-7-6-13-10-11(17)16-8-4-3-5-9-16/h13H,3-10H2,1-2H3,(H,14,18). The Kier molecular flexibility index (Phi) is 6.49. The smallest absolute Gasteiger partial charge is 0.316 e. The predicted octanol–water partition coefficient (Wildman–Crippen LogP) is -0.140. The molecule has 6 heteroatoms. The predicted molar refractivity (Wildman–Crippen MR) is 70.4 cm³/mol. The van der Waals surface area contributed by atoms with E-state index in [2.05, 4.69) is 10.6 Å². The molecule has 1 heterocycles. The lowest BCUT2D eigenvalue weighted by atomic mass is 10.1. The molecule has 3 amide bonds. The van der Waals surface area contributed by atoms with Crippen LogP contribution in [0.15, 0.2) is 0 Å². The van der Waals surface area contributed by atoms with E-state index in [9.17, 15) is 9.59 Å². The van der Waals surface area contributed by atoms with Gasteiger partial charge in [-0.3, -0.25) is 4.79 Å². The van der Waals surface area contributed by atoms with Gasteiger partial charge in [0, 0.05) is 40.3 Å². The number of hydrogen-bond acceptors (Lipinski definition) is 3. The van der Waals surface area contributed by atoms with Crippen LogP contribution >= 0.6 is 0 Å². The first kappa shape index (κ1) is 14.8. The molecule has 1 fully saturated rings. The fourth-order valence-electron chi connectivity index (χ4n) is 1.87. The molecule has 1 saturated heterocycles. The van der Waals surface area contributed by atoms with E-state index in [4.69, 9.17) is 0 Å². The number of urea groups is 1. The van der Waals surface area contributed by atoms with Crippen molar-refractivity contribution in [1.29, 1.82) is 0 Å². The van der Waals surface area contributed by atoms with Gasteiger partial charge in [0.2, 0.25) is 5.91 Å². The molecule has 0 aromatic rings. The molecule has 0 saturated carbocycles. The molecule has 0 atom stereocenters. The molecule has 18 heavy (non-hydrogen) atoms. The fraction of sp³-hybridized carbons (Fsp3) is 0.833. The first-order valence-electron chi connectivity index (χ1n) is 6.55. The summed E-state index contributed by atoms with van der Waals surface area (Å²) in [4.78, 5) is 26.4. The van der Waals surface area contributed by atoms with Crippen LogP contribution < -0.4 is 10.6 Å². The highest BCUT2D eigenvalue weighted by molar-refractivity contribution is 5.78. The lowest BCUT2D eigenvalue weighted by Gasteiger charge is -2.26. The van der Waals surface area contributed by atoms with Gasteiger partial charge >= 0.3 is 6.03 Å². The summed E-state index contributed by atoms with van der Waals surface area (Å²) in [6, 6.07) is -0.112. The second-order valence-electron chi connectivity index (χ2n) is 4.74. The number of amides is 3. The third-order valence-electron chi connectivity index (χ3n) is 2.97. The van der Waals surface area contributed by atoms with Crippen LogP contribution in [0.2, 0.25) is 0 Å². The first-order valence-corrected chi connectivity index (χ1v) is 6.55. The van der Waals surface area contributed by atoms with Crippen molar-refractivity contribution in [2.45, 2.75) is 19.3 Å². The Morgan fingerprint density at radius 1 is 1.11 bits per heavy atom. The van der Waals surface area contributed by atoms with Crippen LogP contribution in [-0.4, -0.2) is 68.6 Å². The third kappa shape index (κ3) is 5.35. The number of nitrogens with zero attached hydrogens (tertiary/aromatic N) is 2. The van der Waals surface area contributed by atoms with E-state index in [1.807, 2.05) is 4.90 Å². The molecular formula is C12H24N4O2. The number of nitrogens with one attached hydrogen (secondary N) is 2. The van der Waals surface area contributed by atoms with Crippen LogP contribution in [0.3, 0.4) is 0 Å². The summed E-state index contributed by atoms with van der Waals surface area (Å²) in [5.41, 5.74) is 0. The molecule has 1 rings (SSSR count). The normalized spacial score (nSPS) is 15.3. The Morgan fingerprint density at radius 2 is 1.78 bits per heavy atom. The molecule has 0 aromatic carbocycles. The number of rotatable bonds is 5. The lowest BCUT2D eigenvalue weighted by Crippen LogP contribution is -2.43. The van der Waals surface area contributed by atoms with Gasteiger partial charge < -0.3 is 20.4 Å². The van der Waals surface area contributed by atoms with E-state index in [-0.39, 0.29) is 11.9 Å². The lowest BCUT2D eigenvalue weighted by molar-refractivity contribution is -0.131. The van der Waals surface area contributed by atoms with Crippen molar-refractivity contribution < 1.29 is 9.59 Å². The Labute approximate surface area is 109 Å². The van der Waals surface area contributed by atoms with Crippen molar-refractivity contribution in [1.82, 2.24) is 20.4 Å². The summed E-state index contributed by atoms with van der Waals surface area (Å²) < 4.78 is 0. The average Bonchev–Trinajstić information content (AvgIpc) is 2.38. The van der Waals surface area contributed by atoms with Gasteiger partial charge in [-0.2, -0.15) is 0 Å². The zero-order chi connectivity index (χ0) is 13.4. The van der Waals surface area contributed by atoms with Gasteiger partial charge in [-0.1, -0.05) is 0 Å². The summed E-state index contributed by atoms with van der Waals surface area (Å²) in [7, 11) is 3.39. The zero-order valence-electron chi connectivity index (χ0n) is 11.4. The topological polar surface area (TPSA) is 64.7 Å². The molecule has 104 valence electrons. The third-order valence-corrected chi connectivity index (χ3v) is 2.97. The highest BCUT2D eigenvalue weighted by atomic mass is 16.2. The Bertz CT molecular complexity index is 275. The van der Waals surface area contributed by atoms with E-state index in [1.165, 1.54) is 11.3 Å². The summed E-state index contributed by atoms with van der Waals surface area (Å²) >= 11 is 0. The van der Waals surface area contributed by atoms with E-state index in [0.717, 1.165) is 25.9 Å². The van der Waals surface area contributed by atoms with Crippen LogP contribution in [0.4, 0.5) is 4.79 Å². The Balaban J connectivity index is 2.03. The van der Waals surface area contributed by atoms with Gasteiger partial charge in [-0.05, 0) is 19.3 Å². The largest absolute Gasteiger partial charge is 0.342 e. The van der Waals surface area contributed by atoms with Gasteiger partial charge in [0.1, 0.15) is 0 Å². The van der Waals surface area contributed by atoms with Crippen molar-refractivity contribution in [2.75, 3.05) is 46.8 Å². The van der Waals surface area contributed by atoms with Gasteiger partial charge in [-0.25, -0.2) is 4.79 Å².